The number of H-pyrrole nitrogens is 1. The van der Waals surface area contributed by atoms with Gasteiger partial charge in [-0.2, -0.15) is 5.10 Å². The summed E-state index contributed by atoms with van der Waals surface area (Å²) in [4.78, 5) is 11.6. The van der Waals surface area contributed by atoms with Crippen molar-refractivity contribution in [3.05, 3.63) is 48.3 Å². The van der Waals surface area contributed by atoms with Gasteiger partial charge in [0, 0.05) is 29.9 Å². The lowest BCUT2D eigenvalue weighted by molar-refractivity contribution is 0.199. The molecule has 0 spiro atoms. The number of hydrogen-bond acceptors (Lipinski definition) is 7. The molecule has 0 saturated carbocycles. The van der Waals surface area contributed by atoms with Gasteiger partial charge in [0.05, 0.1) is 11.9 Å². The van der Waals surface area contributed by atoms with Crippen LogP contribution in [0.5, 0.6) is 0 Å². The van der Waals surface area contributed by atoms with E-state index >= 15 is 0 Å². The number of aliphatic imine (C=N–C) groups is 1. The third kappa shape index (κ3) is 2.48. The van der Waals surface area contributed by atoms with Crippen LogP contribution in [0.2, 0.25) is 0 Å². The van der Waals surface area contributed by atoms with E-state index in [1.165, 1.54) is 11.3 Å². The molecule has 2 aliphatic heterocycles. The third-order valence-corrected chi connectivity index (χ3v) is 6.57. The number of nitrogens with one attached hydrogen (secondary N) is 1. The molecule has 148 valence electrons. The van der Waals surface area contributed by atoms with Crippen LogP contribution in [-0.4, -0.2) is 47.2 Å². The van der Waals surface area contributed by atoms with E-state index in [0.29, 0.717) is 5.70 Å². The molecule has 1 atom stereocenters. The number of nitrogens with zero attached hydrogens (tertiary/aromatic N) is 7. The fourth-order valence-electron chi connectivity index (χ4n) is 4.40. The van der Waals surface area contributed by atoms with Crippen molar-refractivity contribution in [2.45, 2.75) is 31.7 Å². The van der Waals surface area contributed by atoms with Crippen LogP contribution < -0.4 is 5.73 Å². The molecule has 10 heteroatoms. The number of aromatic amines is 1. The average Bonchev–Trinajstić information content (AvgIpc) is 3.53. The van der Waals surface area contributed by atoms with E-state index in [-0.39, 0.29) is 5.54 Å². The van der Waals surface area contributed by atoms with Gasteiger partial charge in [-0.15, -0.1) is 21.5 Å². The summed E-state index contributed by atoms with van der Waals surface area (Å²) in [5.74, 6) is 1.71. The fourth-order valence-corrected chi connectivity index (χ4v) is 5.04. The third-order valence-electron chi connectivity index (χ3n) is 5.78. The van der Waals surface area contributed by atoms with Gasteiger partial charge in [0.2, 0.25) is 0 Å². The molecule has 3 N–H and O–H groups in total. The summed E-state index contributed by atoms with van der Waals surface area (Å²) in [5, 5.41) is 18.6. The van der Waals surface area contributed by atoms with Crippen molar-refractivity contribution >= 4 is 28.6 Å². The largest absolute Gasteiger partial charge is 0.403 e. The van der Waals surface area contributed by atoms with E-state index in [0.717, 1.165) is 59.4 Å². The lowest BCUT2D eigenvalue weighted by Crippen LogP contribution is -2.51. The number of fused-ring (bicyclic) bond motifs is 3. The second-order valence-electron chi connectivity index (χ2n) is 7.09. The molecule has 0 amide bonds. The predicted octanol–water partition coefficient (Wildman–Crippen LogP) is 2.67. The van der Waals surface area contributed by atoms with Crippen molar-refractivity contribution in [1.82, 2.24) is 34.8 Å². The van der Waals surface area contributed by atoms with Gasteiger partial charge >= 0.3 is 0 Å². The molecule has 0 unspecified atom stereocenters. The minimum absolute atomic E-state index is 0.226. The highest BCUT2D eigenvalue weighted by atomic mass is 32.1. The fraction of sp³-hybridized carbons (Fsp3) is 0.316. The maximum Gasteiger partial charge on any atom is 0.163 e. The Kier molecular flexibility index (Phi) is 4.09. The standard InChI is InChI=1S/C19H21N9S/c1-3-19-5-4-7-28(19)16(14(9-20)27-11-23-26-18(19)27)24-12(2)13-10-22-25-15(13)17-21-6-8-29-17/h6,8-11H,2-5,7,20H2,1H3,(H,22,25)/b14-9+,24-16?/t19-/m0/s1. The quantitative estimate of drug-likeness (QED) is 0.687. The SMILES string of the molecule is C=C(N=C1/C(=C\N)n2cnnc2[C@]2(CC)CCCN12)c1cn[nH]c1-c1nccs1. The van der Waals surface area contributed by atoms with Crippen LogP contribution in [0.3, 0.4) is 0 Å². The summed E-state index contributed by atoms with van der Waals surface area (Å²) in [7, 11) is 0. The van der Waals surface area contributed by atoms with Gasteiger partial charge in [0.25, 0.3) is 0 Å². The Morgan fingerprint density at radius 3 is 3.17 bits per heavy atom. The zero-order chi connectivity index (χ0) is 20.0. The first-order valence-corrected chi connectivity index (χ1v) is 10.4. The van der Waals surface area contributed by atoms with Crippen LogP contribution in [0, 0.1) is 0 Å². The minimum Gasteiger partial charge on any atom is -0.403 e. The summed E-state index contributed by atoms with van der Waals surface area (Å²) >= 11 is 1.54. The first-order chi connectivity index (χ1) is 14.2. The Balaban J connectivity index is 1.63. The average molecular weight is 408 g/mol. The van der Waals surface area contributed by atoms with E-state index in [2.05, 4.69) is 43.8 Å². The molecule has 9 nitrogen and oxygen atoms in total. The number of rotatable bonds is 4. The molecule has 0 aromatic carbocycles. The predicted molar refractivity (Wildman–Crippen MR) is 113 cm³/mol. The van der Waals surface area contributed by atoms with Crippen LogP contribution >= 0.6 is 11.3 Å². The first kappa shape index (κ1) is 17.8. The molecule has 5 heterocycles. The van der Waals surface area contributed by atoms with Crippen molar-refractivity contribution in [2.75, 3.05) is 6.54 Å². The van der Waals surface area contributed by atoms with Crippen LogP contribution in [0.25, 0.3) is 22.1 Å². The normalized spacial score (nSPS) is 23.6. The molecule has 1 saturated heterocycles. The van der Waals surface area contributed by atoms with Gasteiger partial charge in [0.1, 0.15) is 28.3 Å². The summed E-state index contributed by atoms with van der Waals surface area (Å²) in [6.07, 6.45) is 9.74. The molecule has 1 fully saturated rings. The summed E-state index contributed by atoms with van der Waals surface area (Å²) < 4.78 is 1.95. The van der Waals surface area contributed by atoms with E-state index in [1.54, 1.807) is 24.9 Å². The zero-order valence-electron chi connectivity index (χ0n) is 16.0. The number of amidine groups is 1. The Hall–Kier alpha value is -3.27. The first-order valence-electron chi connectivity index (χ1n) is 9.51. The Morgan fingerprint density at radius 1 is 1.52 bits per heavy atom. The highest BCUT2D eigenvalue weighted by Gasteiger charge is 2.50. The Bertz CT molecular complexity index is 1120. The molecule has 0 aliphatic carbocycles. The van der Waals surface area contributed by atoms with Crippen LogP contribution in [-0.2, 0) is 5.54 Å². The van der Waals surface area contributed by atoms with E-state index in [1.807, 2.05) is 9.95 Å². The monoisotopic (exact) mass is 407 g/mol. The van der Waals surface area contributed by atoms with Gasteiger partial charge in [-0.25, -0.2) is 9.98 Å². The zero-order valence-corrected chi connectivity index (χ0v) is 16.9. The van der Waals surface area contributed by atoms with E-state index in [9.17, 15) is 0 Å². The van der Waals surface area contributed by atoms with Gasteiger partial charge in [-0.3, -0.25) is 9.67 Å². The molecule has 5 rings (SSSR count). The lowest BCUT2D eigenvalue weighted by Gasteiger charge is -2.43. The molecule has 2 aliphatic rings. The highest BCUT2D eigenvalue weighted by Crippen LogP contribution is 2.46. The van der Waals surface area contributed by atoms with Gasteiger partial charge in [-0.05, 0) is 19.3 Å². The lowest BCUT2D eigenvalue weighted by atomic mass is 9.89. The number of aromatic nitrogens is 6. The Labute approximate surface area is 171 Å². The molecule has 3 aromatic rings. The van der Waals surface area contributed by atoms with Gasteiger partial charge in [0.15, 0.2) is 11.7 Å². The highest BCUT2D eigenvalue weighted by molar-refractivity contribution is 7.13. The molecular weight excluding hydrogens is 386 g/mol. The summed E-state index contributed by atoms with van der Waals surface area (Å²) in [6.45, 7) is 7.29. The molecule has 29 heavy (non-hydrogen) atoms. The maximum absolute atomic E-state index is 6.03. The summed E-state index contributed by atoms with van der Waals surface area (Å²) in [6, 6.07) is 0. The second-order valence-corrected chi connectivity index (χ2v) is 7.99. The smallest absolute Gasteiger partial charge is 0.163 e. The molecule has 0 radical (unpaired) electrons. The van der Waals surface area contributed by atoms with E-state index in [4.69, 9.17) is 10.7 Å². The Morgan fingerprint density at radius 2 is 2.41 bits per heavy atom. The molecule has 0 bridgehead atoms. The number of nitrogens with two attached hydrogens (primary N) is 1. The van der Waals surface area contributed by atoms with E-state index < -0.39 is 0 Å². The topological polar surface area (TPSA) is 114 Å². The molecular formula is C19H21N9S. The summed E-state index contributed by atoms with van der Waals surface area (Å²) in [5.41, 5.74) is 8.81. The van der Waals surface area contributed by atoms with Crippen molar-refractivity contribution in [1.29, 1.82) is 0 Å². The minimum atomic E-state index is -0.226. The van der Waals surface area contributed by atoms with Gasteiger partial charge < -0.3 is 10.6 Å². The van der Waals surface area contributed by atoms with Gasteiger partial charge in [-0.1, -0.05) is 13.5 Å². The molecule has 3 aromatic heterocycles. The number of hydrogen-bond donors (Lipinski definition) is 2. The maximum atomic E-state index is 6.03. The van der Waals surface area contributed by atoms with Crippen LogP contribution in [0.1, 0.15) is 37.6 Å². The van der Waals surface area contributed by atoms with Crippen molar-refractivity contribution in [3.8, 4) is 10.7 Å². The van der Waals surface area contributed by atoms with Crippen molar-refractivity contribution < 1.29 is 0 Å². The van der Waals surface area contributed by atoms with Crippen molar-refractivity contribution in [3.63, 3.8) is 0 Å². The van der Waals surface area contributed by atoms with Crippen molar-refractivity contribution in [2.24, 2.45) is 10.7 Å². The number of thiazole rings is 1. The van der Waals surface area contributed by atoms with Crippen LogP contribution in [0.4, 0.5) is 0 Å². The van der Waals surface area contributed by atoms with Crippen LogP contribution in [0.15, 0.2) is 41.9 Å². The second kappa shape index (κ2) is 6.66.